The molecule has 1 aromatic rings. The summed E-state index contributed by atoms with van der Waals surface area (Å²) < 4.78 is 9.94. The normalized spacial score (nSPS) is 22.5. The maximum atomic E-state index is 5.03. The van der Waals surface area contributed by atoms with Gasteiger partial charge in [-0.2, -0.15) is 4.98 Å². The largest absolute Gasteiger partial charge is 0.375 e. The van der Waals surface area contributed by atoms with Gasteiger partial charge >= 0.3 is 0 Å². The van der Waals surface area contributed by atoms with Crippen molar-refractivity contribution in [3.8, 4) is 0 Å². The van der Waals surface area contributed by atoms with Crippen LogP contribution < -0.4 is 5.32 Å². The second-order valence-electron chi connectivity index (χ2n) is 3.48. The number of hydrogen-bond donors (Lipinski definition) is 1. The molecule has 1 aliphatic heterocycles. The Bertz CT molecular complexity index is 281. The predicted octanol–water partition coefficient (Wildman–Crippen LogP) is 1.03. The van der Waals surface area contributed by atoms with Gasteiger partial charge < -0.3 is 14.6 Å². The lowest BCUT2D eigenvalue weighted by Crippen LogP contribution is -2.27. The first-order valence-corrected chi connectivity index (χ1v) is 4.95. The molecule has 0 spiro atoms. The van der Waals surface area contributed by atoms with Crippen LogP contribution in [0, 0.1) is 0 Å². The summed E-state index contributed by atoms with van der Waals surface area (Å²) >= 11 is 0. The van der Waals surface area contributed by atoms with Crippen molar-refractivity contribution >= 4 is 0 Å². The van der Waals surface area contributed by atoms with Crippen LogP contribution in [0.5, 0.6) is 0 Å². The van der Waals surface area contributed by atoms with Crippen LogP contribution in [0.3, 0.4) is 0 Å². The van der Waals surface area contributed by atoms with E-state index in [0.29, 0.717) is 12.5 Å². The summed E-state index contributed by atoms with van der Waals surface area (Å²) in [5.74, 6) is 1.31. The van der Waals surface area contributed by atoms with E-state index in [2.05, 4.69) is 15.5 Å². The summed E-state index contributed by atoms with van der Waals surface area (Å²) in [6.45, 7) is 1.43. The molecule has 78 valence electrons. The molecule has 2 heterocycles. The van der Waals surface area contributed by atoms with Gasteiger partial charge in [0.05, 0.1) is 6.04 Å². The fourth-order valence-electron chi connectivity index (χ4n) is 1.66. The van der Waals surface area contributed by atoms with Crippen molar-refractivity contribution in [1.82, 2.24) is 15.5 Å². The summed E-state index contributed by atoms with van der Waals surface area (Å²) in [7, 11) is 1.61. The molecule has 0 amide bonds. The zero-order valence-electron chi connectivity index (χ0n) is 8.32. The van der Waals surface area contributed by atoms with E-state index in [4.69, 9.17) is 9.26 Å². The number of hydrogen-bond acceptors (Lipinski definition) is 5. The van der Waals surface area contributed by atoms with E-state index in [0.717, 1.165) is 18.8 Å². The van der Waals surface area contributed by atoms with Crippen molar-refractivity contribution < 1.29 is 9.26 Å². The third-order valence-corrected chi connectivity index (χ3v) is 2.37. The lowest BCUT2D eigenvalue weighted by molar-refractivity contribution is 0.151. The zero-order chi connectivity index (χ0) is 9.80. The van der Waals surface area contributed by atoms with Crippen molar-refractivity contribution in [2.24, 2.45) is 0 Å². The third kappa shape index (κ3) is 2.10. The summed E-state index contributed by atoms with van der Waals surface area (Å²) in [6.07, 6.45) is 3.55. The first-order valence-electron chi connectivity index (χ1n) is 4.95. The predicted molar refractivity (Wildman–Crippen MR) is 49.6 cm³/mol. The second-order valence-corrected chi connectivity index (χ2v) is 3.48. The maximum absolute atomic E-state index is 5.03. The average Bonchev–Trinajstić information content (AvgIpc) is 2.68. The monoisotopic (exact) mass is 197 g/mol. The van der Waals surface area contributed by atoms with Gasteiger partial charge in [-0.15, -0.1) is 0 Å². The molecule has 1 N–H and O–H groups in total. The van der Waals surface area contributed by atoms with Crippen LogP contribution in [0.15, 0.2) is 4.52 Å². The first kappa shape index (κ1) is 9.61. The fraction of sp³-hybridized carbons (Fsp3) is 0.778. The lowest BCUT2D eigenvalue weighted by Gasteiger charge is -2.19. The molecule has 0 aromatic carbocycles. The lowest BCUT2D eigenvalue weighted by atomic mass is 10.0. The number of methoxy groups -OCH3 is 1. The molecule has 1 atom stereocenters. The third-order valence-electron chi connectivity index (χ3n) is 2.37. The van der Waals surface area contributed by atoms with Gasteiger partial charge in [0.25, 0.3) is 5.89 Å². The Morgan fingerprint density at radius 3 is 3.21 bits per heavy atom. The smallest absolute Gasteiger partial charge is 0.252 e. The van der Waals surface area contributed by atoms with Crippen LogP contribution in [0.25, 0.3) is 0 Å². The summed E-state index contributed by atoms with van der Waals surface area (Å²) in [5.41, 5.74) is 0. The molecule has 2 rings (SSSR count). The van der Waals surface area contributed by atoms with Crippen molar-refractivity contribution in [3.05, 3.63) is 11.7 Å². The Morgan fingerprint density at radius 2 is 2.50 bits per heavy atom. The summed E-state index contributed by atoms with van der Waals surface area (Å²) in [5, 5.41) is 7.29. The Kier molecular flexibility index (Phi) is 3.10. The minimum atomic E-state index is 0.262. The van der Waals surface area contributed by atoms with E-state index in [-0.39, 0.29) is 6.04 Å². The Morgan fingerprint density at radius 1 is 1.57 bits per heavy atom. The number of ether oxygens (including phenoxy) is 1. The molecule has 0 radical (unpaired) electrons. The number of rotatable bonds is 3. The molecule has 5 heteroatoms. The van der Waals surface area contributed by atoms with Crippen molar-refractivity contribution in [2.45, 2.75) is 31.9 Å². The molecule has 0 bridgehead atoms. The van der Waals surface area contributed by atoms with Crippen molar-refractivity contribution in [1.29, 1.82) is 0 Å². The number of piperidine rings is 1. The highest BCUT2D eigenvalue weighted by Gasteiger charge is 2.19. The van der Waals surface area contributed by atoms with E-state index < -0.39 is 0 Å². The fourth-order valence-corrected chi connectivity index (χ4v) is 1.66. The zero-order valence-corrected chi connectivity index (χ0v) is 8.32. The van der Waals surface area contributed by atoms with Crippen LogP contribution in [0.1, 0.15) is 37.0 Å². The summed E-state index contributed by atoms with van der Waals surface area (Å²) in [4.78, 5) is 4.26. The van der Waals surface area contributed by atoms with Crippen LogP contribution in [0.2, 0.25) is 0 Å². The number of nitrogens with zero attached hydrogens (tertiary/aromatic N) is 2. The highest BCUT2D eigenvalue weighted by molar-refractivity contribution is 4.95. The molecule has 0 saturated carbocycles. The minimum absolute atomic E-state index is 0.262. The molecule has 1 aromatic heterocycles. The topological polar surface area (TPSA) is 60.2 Å². The quantitative estimate of drug-likeness (QED) is 0.784. The number of aromatic nitrogens is 2. The standard InChI is InChI=1S/C9H15N3O2/c1-13-6-8-11-9(12-14-8)7-4-2-3-5-10-7/h7,10H,2-6H2,1H3/t7-/m1/s1. The molecule has 5 nitrogen and oxygen atoms in total. The molecular weight excluding hydrogens is 182 g/mol. The van der Waals surface area contributed by atoms with Crippen LogP contribution in [-0.2, 0) is 11.3 Å². The Hall–Kier alpha value is -0.940. The molecule has 1 fully saturated rings. The Labute approximate surface area is 82.8 Å². The molecule has 0 aliphatic carbocycles. The Balaban J connectivity index is 2.00. The van der Waals surface area contributed by atoms with Crippen LogP contribution in [-0.4, -0.2) is 23.8 Å². The highest BCUT2D eigenvalue weighted by atomic mass is 16.5. The van der Waals surface area contributed by atoms with Gasteiger partial charge in [0.15, 0.2) is 5.82 Å². The van der Waals surface area contributed by atoms with Gasteiger partial charge in [-0.25, -0.2) is 0 Å². The van der Waals surface area contributed by atoms with Gasteiger partial charge in [0.2, 0.25) is 0 Å². The number of nitrogens with one attached hydrogen (secondary N) is 1. The highest BCUT2D eigenvalue weighted by Crippen LogP contribution is 2.20. The van der Waals surface area contributed by atoms with Gasteiger partial charge in [-0.05, 0) is 19.4 Å². The first-order chi connectivity index (χ1) is 6.90. The molecule has 0 unspecified atom stereocenters. The van der Waals surface area contributed by atoms with E-state index >= 15 is 0 Å². The van der Waals surface area contributed by atoms with Gasteiger partial charge in [0, 0.05) is 7.11 Å². The van der Waals surface area contributed by atoms with E-state index in [1.807, 2.05) is 0 Å². The van der Waals surface area contributed by atoms with Gasteiger partial charge in [0.1, 0.15) is 6.61 Å². The molecular formula is C9H15N3O2. The van der Waals surface area contributed by atoms with Crippen molar-refractivity contribution in [3.63, 3.8) is 0 Å². The van der Waals surface area contributed by atoms with Gasteiger partial charge in [-0.1, -0.05) is 11.6 Å². The second kappa shape index (κ2) is 4.52. The minimum Gasteiger partial charge on any atom is -0.375 e. The molecule has 14 heavy (non-hydrogen) atoms. The van der Waals surface area contributed by atoms with Crippen LogP contribution >= 0.6 is 0 Å². The van der Waals surface area contributed by atoms with E-state index in [1.165, 1.54) is 12.8 Å². The molecule has 1 aliphatic rings. The van der Waals surface area contributed by atoms with E-state index in [9.17, 15) is 0 Å². The SMILES string of the molecule is COCc1nc([C@H]2CCCCN2)no1. The van der Waals surface area contributed by atoms with Gasteiger partial charge in [-0.3, -0.25) is 0 Å². The maximum Gasteiger partial charge on any atom is 0.252 e. The molecule has 1 saturated heterocycles. The van der Waals surface area contributed by atoms with Crippen molar-refractivity contribution in [2.75, 3.05) is 13.7 Å². The summed E-state index contributed by atoms with van der Waals surface area (Å²) in [6, 6.07) is 0.262. The average molecular weight is 197 g/mol. The van der Waals surface area contributed by atoms with E-state index in [1.54, 1.807) is 7.11 Å². The van der Waals surface area contributed by atoms with Crippen LogP contribution in [0.4, 0.5) is 0 Å².